The standard InChI is InChI=1S/C35H48N4O8S/c1-22(2)12-14-36-18-28-27-17-25(10-11-29(27)37-33(28)41)48(43,44)39(19-23(3)4)20-31(40)30(16-24-8-6-5-7-9-24)38-35(42)47-32-21-46-34-26(32)13-15-45-34/h5-11,17-18,22-23,26,30-32,34,37,40-41H,12-16,19-21H2,1-4H3,(H,38,42). The van der Waals surface area contributed by atoms with Gasteiger partial charge in [0.2, 0.25) is 10.0 Å². The van der Waals surface area contributed by atoms with Crippen molar-refractivity contribution in [2.75, 3.05) is 32.8 Å². The molecular formula is C35H48N4O8S. The van der Waals surface area contributed by atoms with Gasteiger partial charge in [-0.15, -0.1) is 0 Å². The summed E-state index contributed by atoms with van der Waals surface area (Å²) in [7, 11) is -4.13. The highest BCUT2D eigenvalue weighted by atomic mass is 32.2. The zero-order chi connectivity index (χ0) is 34.4. The van der Waals surface area contributed by atoms with Gasteiger partial charge in [-0.1, -0.05) is 58.0 Å². The second kappa shape index (κ2) is 15.8. The highest BCUT2D eigenvalue weighted by molar-refractivity contribution is 7.89. The largest absolute Gasteiger partial charge is 0.494 e. The number of hydrogen-bond donors (Lipinski definition) is 4. The summed E-state index contributed by atoms with van der Waals surface area (Å²) in [6, 6.07) is 13.1. The highest BCUT2D eigenvalue weighted by Crippen LogP contribution is 2.33. The van der Waals surface area contributed by atoms with E-state index in [0.29, 0.717) is 35.5 Å². The molecule has 1 amide bonds. The second-order valence-corrected chi connectivity index (χ2v) is 15.4. The van der Waals surface area contributed by atoms with Gasteiger partial charge in [-0.3, -0.25) is 4.99 Å². The molecule has 2 aromatic carbocycles. The Kier molecular flexibility index (Phi) is 11.8. The van der Waals surface area contributed by atoms with Crippen molar-refractivity contribution in [2.45, 2.75) is 76.4 Å². The first kappa shape index (κ1) is 35.8. The third-order valence-corrected chi connectivity index (χ3v) is 10.6. The Morgan fingerprint density at radius 3 is 2.62 bits per heavy atom. The number of aromatic nitrogens is 1. The van der Waals surface area contributed by atoms with Gasteiger partial charge >= 0.3 is 6.09 Å². The molecule has 5 atom stereocenters. The Bertz CT molecular complexity index is 1660. The number of carbonyl (C=O) groups is 1. The monoisotopic (exact) mass is 684 g/mol. The van der Waals surface area contributed by atoms with Crippen LogP contribution in [0.3, 0.4) is 0 Å². The number of alkyl carbamates (subject to hydrolysis) is 1. The molecule has 48 heavy (non-hydrogen) atoms. The highest BCUT2D eigenvalue weighted by Gasteiger charge is 2.44. The van der Waals surface area contributed by atoms with Crippen LogP contribution in [0.25, 0.3) is 10.9 Å². The van der Waals surface area contributed by atoms with Crippen LogP contribution >= 0.6 is 0 Å². The maximum absolute atomic E-state index is 14.2. The third-order valence-electron chi connectivity index (χ3n) is 8.75. The summed E-state index contributed by atoms with van der Waals surface area (Å²) in [5.41, 5.74) is 1.84. The number of sulfonamides is 1. The van der Waals surface area contributed by atoms with E-state index >= 15 is 0 Å². The van der Waals surface area contributed by atoms with Crippen LogP contribution in [0.15, 0.2) is 58.4 Å². The minimum absolute atomic E-state index is 0.0141. The molecule has 3 aromatic rings. The lowest BCUT2D eigenvalue weighted by Gasteiger charge is -2.31. The van der Waals surface area contributed by atoms with Crippen molar-refractivity contribution in [1.82, 2.24) is 14.6 Å². The van der Waals surface area contributed by atoms with E-state index in [0.717, 1.165) is 18.4 Å². The van der Waals surface area contributed by atoms with E-state index < -0.39 is 34.4 Å². The van der Waals surface area contributed by atoms with E-state index in [2.05, 4.69) is 29.1 Å². The number of aliphatic hydroxyl groups excluding tert-OH is 1. The van der Waals surface area contributed by atoms with Gasteiger partial charge in [0, 0.05) is 36.8 Å². The Hall–Kier alpha value is -3.49. The Morgan fingerprint density at radius 2 is 1.90 bits per heavy atom. The number of aromatic hydroxyl groups is 1. The zero-order valence-electron chi connectivity index (χ0n) is 28.0. The molecule has 2 aliphatic rings. The lowest BCUT2D eigenvalue weighted by Crippen LogP contribution is -2.51. The van der Waals surface area contributed by atoms with Gasteiger partial charge in [0.15, 0.2) is 12.2 Å². The summed E-state index contributed by atoms with van der Waals surface area (Å²) >= 11 is 0. The Labute approximate surface area is 282 Å². The van der Waals surface area contributed by atoms with Crippen molar-refractivity contribution in [3.63, 3.8) is 0 Å². The molecule has 0 spiro atoms. The number of aliphatic imine (C=N–C) groups is 1. The van der Waals surface area contributed by atoms with E-state index in [-0.39, 0.29) is 55.0 Å². The van der Waals surface area contributed by atoms with E-state index in [1.165, 1.54) is 16.4 Å². The number of benzene rings is 2. The van der Waals surface area contributed by atoms with Crippen LogP contribution in [0, 0.1) is 17.8 Å². The average Bonchev–Trinajstić information content (AvgIpc) is 3.74. The smallest absolute Gasteiger partial charge is 0.407 e. The summed E-state index contributed by atoms with van der Waals surface area (Å²) in [6.07, 6.45) is 0.572. The molecule has 0 radical (unpaired) electrons. The van der Waals surface area contributed by atoms with Crippen molar-refractivity contribution in [2.24, 2.45) is 22.7 Å². The van der Waals surface area contributed by atoms with E-state index in [1.807, 2.05) is 44.2 Å². The number of nitrogens with one attached hydrogen (secondary N) is 2. The zero-order valence-corrected chi connectivity index (χ0v) is 28.9. The molecule has 5 rings (SSSR count). The Balaban J connectivity index is 1.37. The average molecular weight is 685 g/mol. The molecule has 0 aliphatic carbocycles. The predicted molar refractivity (Wildman–Crippen MR) is 183 cm³/mol. The molecule has 2 aliphatic heterocycles. The number of aliphatic hydroxyl groups is 1. The van der Waals surface area contributed by atoms with Crippen molar-refractivity contribution in [3.05, 3.63) is 59.7 Å². The lowest BCUT2D eigenvalue weighted by atomic mass is 10.0. The van der Waals surface area contributed by atoms with Gasteiger partial charge in [-0.05, 0) is 54.9 Å². The van der Waals surface area contributed by atoms with Gasteiger partial charge in [0.25, 0.3) is 0 Å². The summed E-state index contributed by atoms with van der Waals surface area (Å²) in [5.74, 6) is 0.267. The third kappa shape index (κ3) is 8.75. The van der Waals surface area contributed by atoms with Crippen LogP contribution in [0.2, 0.25) is 0 Å². The molecule has 1 aromatic heterocycles. The van der Waals surface area contributed by atoms with Crippen LogP contribution in [0.5, 0.6) is 5.88 Å². The minimum atomic E-state index is -4.13. The minimum Gasteiger partial charge on any atom is -0.494 e. The van der Waals surface area contributed by atoms with Crippen molar-refractivity contribution < 1.29 is 37.6 Å². The van der Waals surface area contributed by atoms with Gasteiger partial charge in [0.05, 0.1) is 41.7 Å². The maximum Gasteiger partial charge on any atom is 0.407 e. The fourth-order valence-electron chi connectivity index (χ4n) is 6.14. The molecule has 2 saturated heterocycles. The van der Waals surface area contributed by atoms with Gasteiger partial charge < -0.3 is 34.7 Å². The number of hydrogen-bond acceptors (Lipinski definition) is 9. The number of carbonyl (C=O) groups excluding carboxylic acids is 1. The number of amides is 1. The molecule has 0 bridgehead atoms. The lowest BCUT2D eigenvalue weighted by molar-refractivity contribution is -0.0907. The van der Waals surface area contributed by atoms with Crippen LogP contribution < -0.4 is 5.32 Å². The van der Waals surface area contributed by atoms with E-state index in [1.54, 1.807) is 12.3 Å². The van der Waals surface area contributed by atoms with Gasteiger partial charge in [-0.25, -0.2) is 13.2 Å². The predicted octanol–water partition coefficient (Wildman–Crippen LogP) is 4.45. The fraction of sp³-hybridized carbons (Fsp3) is 0.543. The molecule has 3 heterocycles. The number of rotatable bonds is 15. The number of H-pyrrole nitrogens is 1. The van der Waals surface area contributed by atoms with E-state index in [4.69, 9.17) is 14.2 Å². The van der Waals surface area contributed by atoms with Crippen LogP contribution in [-0.2, 0) is 30.7 Å². The maximum atomic E-state index is 14.2. The van der Waals surface area contributed by atoms with Crippen molar-refractivity contribution >= 4 is 33.2 Å². The number of nitrogens with zero attached hydrogens (tertiary/aromatic N) is 2. The molecule has 12 nitrogen and oxygen atoms in total. The van der Waals surface area contributed by atoms with Crippen LogP contribution in [0.4, 0.5) is 4.79 Å². The van der Waals surface area contributed by atoms with Gasteiger partial charge in [0.1, 0.15) is 6.10 Å². The molecule has 4 N–H and O–H groups in total. The quantitative estimate of drug-likeness (QED) is 0.171. The summed E-state index contributed by atoms with van der Waals surface area (Å²) in [5, 5.41) is 25.5. The first-order chi connectivity index (χ1) is 22.9. The van der Waals surface area contributed by atoms with Crippen molar-refractivity contribution in [1.29, 1.82) is 0 Å². The molecular weight excluding hydrogens is 636 g/mol. The Morgan fingerprint density at radius 1 is 1.12 bits per heavy atom. The van der Waals surface area contributed by atoms with Crippen molar-refractivity contribution in [3.8, 4) is 5.88 Å². The van der Waals surface area contributed by atoms with Crippen LogP contribution in [-0.4, -0.2) is 97.6 Å². The topological polar surface area (TPSA) is 163 Å². The second-order valence-electron chi connectivity index (χ2n) is 13.5. The summed E-state index contributed by atoms with van der Waals surface area (Å²) in [6.45, 7) is 9.20. The SMILES string of the molecule is CC(C)CCN=Cc1c(O)[nH]c2ccc(S(=O)(=O)N(CC(C)C)CC(O)C(Cc3ccccc3)NC(=O)OC3COC4OCCC34)cc12. The molecule has 0 saturated carbocycles. The summed E-state index contributed by atoms with van der Waals surface area (Å²) < 4.78 is 46.5. The number of ether oxygens (including phenoxy) is 3. The normalized spacial score (nSPS) is 21.0. The molecule has 2 fully saturated rings. The number of aromatic amines is 1. The first-order valence-corrected chi connectivity index (χ1v) is 18.1. The summed E-state index contributed by atoms with van der Waals surface area (Å²) in [4.78, 5) is 20.5. The number of fused-ring (bicyclic) bond motifs is 2. The van der Waals surface area contributed by atoms with Crippen LogP contribution in [0.1, 0.15) is 51.7 Å². The molecule has 13 heteroatoms. The first-order valence-electron chi connectivity index (χ1n) is 16.7. The van der Waals surface area contributed by atoms with E-state index in [9.17, 15) is 23.4 Å². The fourth-order valence-corrected chi connectivity index (χ4v) is 7.79. The van der Waals surface area contributed by atoms with Gasteiger partial charge in [-0.2, -0.15) is 4.31 Å². The molecule has 5 unspecified atom stereocenters. The molecule has 262 valence electrons.